The summed E-state index contributed by atoms with van der Waals surface area (Å²) in [7, 11) is 0. The first kappa shape index (κ1) is 29.6. The van der Waals surface area contributed by atoms with Crippen LogP contribution in [0.5, 0.6) is 0 Å². The van der Waals surface area contributed by atoms with Crippen LogP contribution in [0, 0.1) is 5.92 Å². The van der Waals surface area contributed by atoms with Crippen molar-refractivity contribution in [3.63, 3.8) is 0 Å². The Kier molecular flexibility index (Phi) is 13.5. The van der Waals surface area contributed by atoms with E-state index in [0.717, 1.165) is 0 Å². The predicted octanol–water partition coefficient (Wildman–Crippen LogP) is -2.09. The van der Waals surface area contributed by atoms with Gasteiger partial charge in [0, 0.05) is 0 Å². The number of carboxylic acid groups (broad SMARTS) is 1. The number of amides is 4. The lowest BCUT2D eigenvalue weighted by atomic mass is 10.0. The minimum Gasteiger partial charge on any atom is -0.480 e. The van der Waals surface area contributed by atoms with Gasteiger partial charge in [0.2, 0.25) is 23.6 Å². The smallest absolute Gasteiger partial charge is 0.326 e. The molecule has 0 aromatic carbocycles. The van der Waals surface area contributed by atoms with Gasteiger partial charge in [-0.3, -0.25) is 19.2 Å². The number of primary amides is 1. The lowest BCUT2D eigenvalue weighted by molar-refractivity contribution is -0.143. The van der Waals surface area contributed by atoms with Crippen LogP contribution in [0.15, 0.2) is 0 Å². The largest absolute Gasteiger partial charge is 0.480 e. The number of aliphatic carboxylic acids is 1. The molecule has 13 heteroatoms. The Morgan fingerprint density at radius 2 is 1.50 bits per heavy atom. The number of nitrogens with one attached hydrogen (secondary N) is 3. The van der Waals surface area contributed by atoms with E-state index in [4.69, 9.17) is 11.5 Å². The van der Waals surface area contributed by atoms with Crippen LogP contribution in [0.2, 0.25) is 0 Å². The molecule has 0 aromatic rings. The second-order valence-corrected chi connectivity index (χ2v) is 8.86. The highest BCUT2D eigenvalue weighted by Crippen LogP contribution is 2.07. The molecule has 0 radical (unpaired) electrons. The molecule has 4 amide bonds. The zero-order valence-corrected chi connectivity index (χ0v) is 19.6. The van der Waals surface area contributed by atoms with Crippen molar-refractivity contribution in [1.82, 2.24) is 16.0 Å². The number of thioether (sulfide) groups is 1. The molecule has 0 aliphatic rings. The van der Waals surface area contributed by atoms with E-state index in [9.17, 15) is 34.2 Å². The van der Waals surface area contributed by atoms with E-state index < -0.39 is 66.3 Å². The summed E-state index contributed by atoms with van der Waals surface area (Å²) in [5.41, 5.74) is 10.9. The van der Waals surface area contributed by atoms with Gasteiger partial charge in [-0.25, -0.2) is 4.79 Å². The van der Waals surface area contributed by atoms with Crippen molar-refractivity contribution in [3.05, 3.63) is 0 Å². The summed E-state index contributed by atoms with van der Waals surface area (Å²) in [5, 5.41) is 26.1. The van der Waals surface area contributed by atoms with Crippen LogP contribution in [0.3, 0.4) is 0 Å². The minimum atomic E-state index is -1.53. The fourth-order valence-corrected chi connectivity index (χ4v) is 3.17. The third kappa shape index (κ3) is 11.3. The number of aliphatic hydroxyl groups excluding tert-OH is 1. The van der Waals surface area contributed by atoms with E-state index in [0.29, 0.717) is 12.2 Å². The standard InChI is InChI=1S/C19H35N5O7S/c1-9(2)7-13(19(30)31)23-18(29)15(10(3)25)24-17(28)12(8-14(21)26)22-16(27)11(20)5-6-32-4/h9-13,15,25H,5-8,20H2,1-4H3,(H2,21,26)(H,22,27)(H,23,29)(H,24,28)(H,30,31). The molecule has 0 bridgehead atoms. The summed E-state index contributed by atoms with van der Waals surface area (Å²) in [6.07, 6.45) is 0.345. The summed E-state index contributed by atoms with van der Waals surface area (Å²) in [6.45, 7) is 4.77. The van der Waals surface area contributed by atoms with E-state index in [2.05, 4.69) is 16.0 Å². The van der Waals surface area contributed by atoms with Crippen LogP contribution in [-0.2, 0) is 24.0 Å². The fourth-order valence-electron chi connectivity index (χ4n) is 2.68. The van der Waals surface area contributed by atoms with Crippen LogP contribution in [0.25, 0.3) is 0 Å². The first-order valence-electron chi connectivity index (χ1n) is 10.1. The van der Waals surface area contributed by atoms with Gasteiger partial charge < -0.3 is 37.6 Å². The number of aliphatic hydroxyl groups is 1. The van der Waals surface area contributed by atoms with Crippen molar-refractivity contribution < 1.29 is 34.2 Å². The Morgan fingerprint density at radius 1 is 0.938 bits per heavy atom. The average molecular weight is 478 g/mol. The summed E-state index contributed by atoms with van der Waals surface area (Å²) in [6, 6.07) is -5.11. The number of carboxylic acids is 1. The Morgan fingerprint density at radius 3 is 1.94 bits per heavy atom. The van der Waals surface area contributed by atoms with E-state index in [1.165, 1.54) is 18.7 Å². The van der Waals surface area contributed by atoms with Gasteiger partial charge in [0.15, 0.2) is 0 Å². The maximum Gasteiger partial charge on any atom is 0.326 e. The molecule has 0 aliphatic heterocycles. The van der Waals surface area contributed by atoms with Crippen molar-refractivity contribution in [2.45, 2.75) is 70.3 Å². The molecule has 9 N–H and O–H groups in total. The fraction of sp³-hybridized carbons (Fsp3) is 0.737. The summed E-state index contributed by atoms with van der Waals surface area (Å²) in [5.74, 6) is -4.15. The van der Waals surface area contributed by atoms with Gasteiger partial charge >= 0.3 is 5.97 Å². The van der Waals surface area contributed by atoms with Crippen LogP contribution in [0.1, 0.15) is 40.0 Å². The molecule has 0 saturated carbocycles. The molecule has 0 heterocycles. The maximum absolute atomic E-state index is 12.7. The third-order valence-electron chi connectivity index (χ3n) is 4.39. The zero-order valence-electron chi connectivity index (χ0n) is 18.8. The van der Waals surface area contributed by atoms with Crippen LogP contribution < -0.4 is 27.4 Å². The Labute approximate surface area is 191 Å². The summed E-state index contributed by atoms with van der Waals surface area (Å²) in [4.78, 5) is 60.3. The molecule has 12 nitrogen and oxygen atoms in total. The number of hydrogen-bond donors (Lipinski definition) is 7. The average Bonchev–Trinajstić information content (AvgIpc) is 2.67. The highest BCUT2D eigenvalue weighted by molar-refractivity contribution is 7.98. The molecule has 0 spiro atoms. The number of rotatable bonds is 15. The van der Waals surface area contributed by atoms with E-state index in [1.54, 1.807) is 13.8 Å². The number of nitrogens with two attached hydrogens (primary N) is 2. The quantitative estimate of drug-likeness (QED) is 0.137. The van der Waals surface area contributed by atoms with Crippen LogP contribution >= 0.6 is 11.8 Å². The zero-order chi connectivity index (χ0) is 25.0. The van der Waals surface area contributed by atoms with Gasteiger partial charge in [0.05, 0.1) is 18.6 Å². The van der Waals surface area contributed by atoms with Gasteiger partial charge in [0.25, 0.3) is 0 Å². The highest BCUT2D eigenvalue weighted by atomic mass is 32.2. The number of carbonyl (C=O) groups is 5. The molecule has 0 rings (SSSR count). The second kappa shape index (κ2) is 14.6. The topological polar surface area (TPSA) is 214 Å². The third-order valence-corrected chi connectivity index (χ3v) is 5.04. The van der Waals surface area contributed by atoms with Crippen molar-refractivity contribution >= 4 is 41.4 Å². The predicted molar refractivity (Wildman–Crippen MR) is 119 cm³/mol. The van der Waals surface area contributed by atoms with Gasteiger partial charge in [-0.15, -0.1) is 0 Å². The Bertz CT molecular complexity index is 674. The second-order valence-electron chi connectivity index (χ2n) is 7.88. The van der Waals surface area contributed by atoms with E-state index >= 15 is 0 Å². The first-order valence-corrected chi connectivity index (χ1v) is 11.5. The molecule has 32 heavy (non-hydrogen) atoms. The first-order chi connectivity index (χ1) is 14.8. The molecule has 0 aromatic heterocycles. The molecule has 0 saturated heterocycles. The van der Waals surface area contributed by atoms with Gasteiger partial charge in [-0.2, -0.15) is 11.8 Å². The molecule has 5 unspecified atom stereocenters. The molecule has 184 valence electrons. The van der Waals surface area contributed by atoms with Crippen molar-refractivity contribution in [2.24, 2.45) is 17.4 Å². The minimum absolute atomic E-state index is 0.0403. The highest BCUT2D eigenvalue weighted by Gasteiger charge is 2.33. The van der Waals surface area contributed by atoms with Gasteiger partial charge in [-0.05, 0) is 37.7 Å². The monoisotopic (exact) mass is 477 g/mol. The van der Waals surface area contributed by atoms with Crippen LogP contribution in [-0.4, -0.2) is 82.1 Å². The Hall–Kier alpha value is -2.38. The van der Waals surface area contributed by atoms with E-state index in [-0.39, 0.29) is 12.3 Å². The van der Waals surface area contributed by atoms with E-state index in [1.807, 2.05) is 6.26 Å². The maximum atomic E-state index is 12.7. The lowest BCUT2D eigenvalue weighted by Gasteiger charge is -2.26. The molecule has 0 fully saturated rings. The van der Waals surface area contributed by atoms with Gasteiger partial charge in [-0.1, -0.05) is 13.8 Å². The summed E-state index contributed by atoms with van der Waals surface area (Å²) >= 11 is 1.48. The normalized spacial score (nSPS) is 15.7. The SMILES string of the molecule is CSCCC(N)C(=O)NC(CC(N)=O)C(=O)NC(C(=O)NC(CC(C)C)C(=O)O)C(C)O. The van der Waals surface area contributed by atoms with Crippen molar-refractivity contribution in [3.8, 4) is 0 Å². The summed E-state index contributed by atoms with van der Waals surface area (Å²) < 4.78 is 0. The Balaban J connectivity index is 5.39. The number of carbonyl (C=O) groups excluding carboxylic acids is 4. The molecule has 0 aliphatic carbocycles. The molecular formula is C19H35N5O7S. The van der Waals surface area contributed by atoms with Crippen molar-refractivity contribution in [2.75, 3.05) is 12.0 Å². The van der Waals surface area contributed by atoms with Gasteiger partial charge in [0.1, 0.15) is 18.1 Å². The molecular weight excluding hydrogens is 442 g/mol. The number of hydrogen-bond acceptors (Lipinski definition) is 8. The molecule has 5 atom stereocenters. The lowest BCUT2D eigenvalue weighted by Crippen LogP contribution is -2.60. The van der Waals surface area contributed by atoms with Crippen molar-refractivity contribution in [1.29, 1.82) is 0 Å². The van der Waals surface area contributed by atoms with Crippen LogP contribution in [0.4, 0.5) is 0 Å².